The molecule has 1 aromatic rings. The molecule has 100 valence electrons. The van der Waals surface area contributed by atoms with Crippen LogP contribution in [0, 0.1) is 18.8 Å². The molecule has 1 aromatic carbocycles. The van der Waals surface area contributed by atoms with Crippen molar-refractivity contribution < 1.29 is 0 Å². The Labute approximate surface area is 116 Å². The zero-order valence-corrected chi connectivity index (χ0v) is 11.9. The highest BCUT2D eigenvalue weighted by molar-refractivity contribution is 5.85. The molecule has 2 aliphatic heterocycles. The molecule has 0 spiro atoms. The minimum atomic E-state index is 0. The normalized spacial score (nSPS) is 27.6. The summed E-state index contributed by atoms with van der Waals surface area (Å²) in [6.45, 7) is 8.35. The number of rotatable bonds is 2. The van der Waals surface area contributed by atoms with Gasteiger partial charge in [0.2, 0.25) is 0 Å². The SMILES string of the molecule is Cc1cccc(CN2CCC3CNCC3C2)c1.Cl. The van der Waals surface area contributed by atoms with Gasteiger partial charge in [0.1, 0.15) is 0 Å². The third kappa shape index (κ3) is 3.05. The zero-order chi connectivity index (χ0) is 11.7. The molecule has 2 heterocycles. The van der Waals surface area contributed by atoms with E-state index < -0.39 is 0 Å². The van der Waals surface area contributed by atoms with Gasteiger partial charge in [0.05, 0.1) is 0 Å². The minimum absolute atomic E-state index is 0. The lowest BCUT2D eigenvalue weighted by atomic mass is 9.88. The monoisotopic (exact) mass is 266 g/mol. The lowest BCUT2D eigenvalue weighted by Gasteiger charge is -2.34. The van der Waals surface area contributed by atoms with Crippen LogP contribution in [0.15, 0.2) is 24.3 Å². The average Bonchev–Trinajstić information content (AvgIpc) is 2.76. The number of nitrogens with zero attached hydrogens (tertiary/aromatic N) is 1. The van der Waals surface area contributed by atoms with E-state index in [1.807, 2.05) is 0 Å². The summed E-state index contributed by atoms with van der Waals surface area (Å²) in [5, 5.41) is 3.53. The molecule has 1 N–H and O–H groups in total. The van der Waals surface area contributed by atoms with Gasteiger partial charge in [-0.2, -0.15) is 0 Å². The summed E-state index contributed by atoms with van der Waals surface area (Å²) in [5.41, 5.74) is 2.84. The van der Waals surface area contributed by atoms with Gasteiger partial charge in [0.15, 0.2) is 0 Å². The number of aryl methyl sites for hydroxylation is 1. The number of halogens is 1. The number of fused-ring (bicyclic) bond motifs is 1. The molecule has 0 amide bonds. The van der Waals surface area contributed by atoms with Crippen LogP contribution in [0.25, 0.3) is 0 Å². The Bertz CT molecular complexity index is 394. The van der Waals surface area contributed by atoms with Crippen LogP contribution < -0.4 is 5.32 Å². The Morgan fingerprint density at radius 3 is 2.94 bits per heavy atom. The highest BCUT2D eigenvalue weighted by atomic mass is 35.5. The Morgan fingerprint density at radius 1 is 1.28 bits per heavy atom. The van der Waals surface area contributed by atoms with Crippen molar-refractivity contribution in [1.82, 2.24) is 10.2 Å². The van der Waals surface area contributed by atoms with Gasteiger partial charge in [-0.1, -0.05) is 29.8 Å². The van der Waals surface area contributed by atoms with Crippen LogP contribution in [0.1, 0.15) is 17.5 Å². The summed E-state index contributed by atoms with van der Waals surface area (Å²) in [6, 6.07) is 8.93. The second-order valence-electron chi connectivity index (χ2n) is 5.69. The van der Waals surface area contributed by atoms with E-state index in [-0.39, 0.29) is 12.4 Å². The van der Waals surface area contributed by atoms with E-state index in [2.05, 4.69) is 41.4 Å². The quantitative estimate of drug-likeness (QED) is 0.885. The second kappa shape index (κ2) is 6.05. The van der Waals surface area contributed by atoms with Gasteiger partial charge in [-0.15, -0.1) is 12.4 Å². The Hall–Kier alpha value is -0.570. The van der Waals surface area contributed by atoms with Crippen LogP contribution in [0.5, 0.6) is 0 Å². The topological polar surface area (TPSA) is 15.3 Å². The van der Waals surface area contributed by atoms with Crippen molar-refractivity contribution in [3.05, 3.63) is 35.4 Å². The van der Waals surface area contributed by atoms with Crippen LogP contribution in [0.2, 0.25) is 0 Å². The van der Waals surface area contributed by atoms with E-state index in [1.165, 1.54) is 43.7 Å². The largest absolute Gasteiger partial charge is 0.316 e. The molecule has 2 aliphatic rings. The predicted molar refractivity (Wildman–Crippen MR) is 78.2 cm³/mol. The summed E-state index contributed by atoms with van der Waals surface area (Å²) < 4.78 is 0. The number of hydrogen-bond acceptors (Lipinski definition) is 2. The molecule has 0 aromatic heterocycles. The van der Waals surface area contributed by atoms with Crippen molar-refractivity contribution in [2.24, 2.45) is 11.8 Å². The van der Waals surface area contributed by atoms with Gasteiger partial charge >= 0.3 is 0 Å². The third-order valence-corrected chi connectivity index (χ3v) is 4.28. The molecular formula is C15H23ClN2. The lowest BCUT2D eigenvalue weighted by molar-refractivity contribution is 0.142. The fraction of sp³-hybridized carbons (Fsp3) is 0.600. The van der Waals surface area contributed by atoms with Crippen LogP contribution in [-0.2, 0) is 6.54 Å². The van der Waals surface area contributed by atoms with E-state index in [0.29, 0.717) is 0 Å². The number of likely N-dealkylation sites (tertiary alicyclic amines) is 1. The molecule has 3 heteroatoms. The maximum absolute atomic E-state index is 3.53. The molecule has 0 aliphatic carbocycles. The second-order valence-corrected chi connectivity index (χ2v) is 5.69. The lowest BCUT2D eigenvalue weighted by Crippen LogP contribution is -2.39. The van der Waals surface area contributed by atoms with Gasteiger partial charge in [-0.3, -0.25) is 4.90 Å². The van der Waals surface area contributed by atoms with Gasteiger partial charge in [0, 0.05) is 13.1 Å². The molecule has 2 atom stereocenters. The number of hydrogen-bond donors (Lipinski definition) is 1. The van der Waals surface area contributed by atoms with Crippen molar-refractivity contribution in [1.29, 1.82) is 0 Å². The standard InChI is InChI=1S/C15H22N2.ClH/c1-12-3-2-4-13(7-12)10-17-6-5-14-8-16-9-15(14)11-17;/h2-4,7,14-16H,5-6,8-11H2,1H3;1H. The number of benzene rings is 1. The van der Waals surface area contributed by atoms with Crippen LogP contribution >= 0.6 is 12.4 Å². The molecule has 2 unspecified atom stereocenters. The fourth-order valence-electron chi connectivity index (χ4n) is 3.32. The molecule has 0 radical (unpaired) electrons. The minimum Gasteiger partial charge on any atom is -0.316 e. The highest BCUT2D eigenvalue weighted by Crippen LogP contribution is 2.27. The fourth-order valence-corrected chi connectivity index (χ4v) is 3.32. The molecule has 2 saturated heterocycles. The van der Waals surface area contributed by atoms with Crippen molar-refractivity contribution in [2.45, 2.75) is 19.9 Å². The molecular weight excluding hydrogens is 244 g/mol. The smallest absolute Gasteiger partial charge is 0.0233 e. The first-order valence-electron chi connectivity index (χ1n) is 6.80. The van der Waals surface area contributed by atoms with Crippen molar-refractivity contribution >= 4 is 12.4 Å². The molecule has 2 fully saturated rings. The van der Waals surface area contributed by atoms with Crippen molar-refractivity contribution in [3.8, 4) is 0 Å². The Balaban J connectivity index is 0.00000120. The van der Waals surface area contributed by atoms with E-state index >= 15 is 0 Å². The van der Waals surface area contributed by atoms with Crippen LogP contribution in [0.3, 0.4) is 0 Å². The van der Waals surface area contributed by atoms with E-state index in [9.17, 15) is 0 Å². The zero-order valence-electron chi connectivity index (χ0n) is 11.1. The molecule has 3 rings (SSSR count). The van der Waals surface area contributed by atoms with Crippen LogP contribution in [0.4, 0.5) is 0 Å². The Morgan fingerprint density at radius 2 is 2.11 bits per heavy atom. The summed E-state index contributed by atoms with van der Waals surface area (Å²) in [4.78, 5) is 2.63. The maximum Gasteiger partial charge on any atom is 0.0233 e. The first-order chi connectivity index (χ1) is 8.31. The van der Waals surface area contributed by atoms with Gasteiger partial charge in [-0.25, -0.2) is 0 Å². The van der Waals surface area contributed by atoms with Crippen LogP contribution in [-0.4, -0.2) is 31.1 Å². The van der Waals surface area contributed by atoms with E-state index in [0.717, 1.165) is 18.4 Å². The first kappa shape index (κ1) is 13.9. The number of piperidine rings is 1. The predicted octanol–water partition coefficient (Wildman–Crippen LogP) is 2.46. The molecule has 18 heavy (non-hydrogen) atoms. The van der Waals surface area contributed by atoms with E-state index in [4.69, 9.17) is 0 Å². The summed E-state index contributed by atoms with van der Waals surface area (Å²) in [6.07, 6.45) is 1.38. The van der Waals surface area contributed by atoms with Gasteiger partial charge in [-0.05, 0) is 50.4 Å². The van der Waals surface area contributed by atoms with E-state index in [1.54, 1.807) is 0 Å². The highest BCUT2D eigenvalue weighted by Gasteiger charge is 2.32. The Kier molecular flexibility index (Phi) is 4.66. The molecule has 2 nitrogen and oxygen atoms in total. The average molecular weight is 267 g/mol. The number of nitrogens with one attached hydrogen (secondary N) is 1. The molecule has 0 bridgehead atoms. The summed E-state index contributed by atoms with van der Waals surface area (Å²) in [5.74, 6) is 1.84. The van der Waals surface area contributed by atoms with Gasteiger partial charge in [0.25, 0.3) is 0 Å². The maximum atomic E-state index is 3.53. The first-order valence-corrected chi connectivity index (χ1v) is 6.80. The van der Waals surface area contributed by atoms with Crippen molar-refractivity contribution in [2.75, 3.05) is 26.2 Å². The molecule has 0 saturated carbocycles. The summed E-state index contributed by atoms with van der Waals surface area (Å²) in [7, 11) is 0. The van der Waals surface area contributed by atoms with Gasteiger partial charge < -0.3 is 5.32 Å². The third-order valence-electron chi connectivity index (χ3n) is 4.28. The van der Waals surface area contributed by atoms with Crippen molar-refractivity contribution in [3.63, 3.8) is 0 Å². The summed E-state index contributed by atoms with van der Waals surface area (Å²) >= 11 is 0.